The lowest BCUT2D eigenvalue weighted by Gasteiger charge is -2.54. The van der Waals surface area contributed by atoms with Crippen molar-refractivity contribution >= 4 is 23.5 Å². The monoisotopic (exact) mass is 451 g/mol. The van der Waals surface area contributed by atoms with Gasteiger partial charge >= 0.3 is 5.97 Å². The molecular weight excluding hydrogens is 426 g/mol. The van der Waals surface area contributed by atoms with Crippen LogP contribution in [0, 0.1) is 11.8 Å². The molecule has 3 aliphatic carbocycles. The number of hydrogen-bond donors (Lipinski definition) is 0. The van der Waals surface area contributed by atoms with E-state index in [4.69, 9.17) is 4.74 Å². The van der Waals surface area contributed by atoms with Gasteiger partial charge < -0.3 is 4.74 Å². The fourth-order valence-corrected chi connectivity index (χ4v) is 6.75. The summed E-state index contributed by atoms with van der Waals surface area (Å²) in [6, 6.07) is 23.2. The summed E-state index contributed by atoms with van der Waals surface area (Å²) >= 11 is 0. The highest BCUT2D eigenvalue weighted by atomic mass is 16.5. The van der Waals surface area contributed by atoms with E-state index in [1.807, 2.05) is 24.3 Å². The van der Waals surface area contributed by atoms with Gasteiger partial charge in [0.2, 0.25) is 11.8 Å². The predicted molar refractivity (Wildman–Crippen MR) is 128 cm³/mol. The molecule has 1 saturated heterocycles. The Morgan fingerprint density at radius 1 is 0.853 bits per heavy atom. The standard InChI is InChI=1S/C29H25NO4/c1-3-29-21-11-7-5-9-19(21)23(20-10-6-8-12-22(20)29)24-25(29)27(32)30(26(24)31)18-15-13-17(14-16-18)28(33)34-4-2/h5-16,23-25H,3-4H2,1-2H3/t23?,24-,25-,29?/m1/s1. The first-order chi connectivity index (χ1) is 16.5. The molecule has 34 heavy (non-hydrogen) atoms. The van der Waals surface area contributed by atoms with Gasteiger partial charge in [-0.05, 0) is 59.9 Å². The van der Waals surface area contributed by atoms with Crippen LogP contribution in [-0.4, -0.2) is 24.4 Å². The second-order valence-corrected chi connectivity index (χ2v) is 9.26. The van der Waals surface area contributed by atoms with Crippen molar-refractivity contribution in [3.8, 4) is 0 Å². The van der Waals surface area contributed by atoms with Gasteiger partial charge in [0, 0.05) is 11.3 Å². The van der Waals surface area contributed by atoms with Gasteiger partial charge in [0.1, 0.15) is 0 Å². The van der Waals surface area contributed by atoms with Crippen molar-refractivity contribution < 1.29 is 19.1 Å². The van der Waals surface area contributed by atoms with Gasteiger partial charge in [0.25, 0.3) is 0 Å². The predicted octanol–water partition coefficient (Wildman–Crippen LogP) is 4.82. The van der Waals surface area contributed by atoms with Crippen LogP contribution in [0.1, 0.15) is 58.8 Å². The van der Waals surface area contributed by atoms with Crippen molar-refractivity contribution in [2.75, 3.05) is 11.5 Å². The van der Waals surface area contributed by atoms with Gasteiger partial charge in [0.05, 0.1) is 29.7 Å². The van der Waals surface area contributed by atoms with Gasteiger partial charge in [-0.15, -0.1) is 0 Å². The number of imide groups is 1. The molecule has 0 aromatic heterocycles. The fourth-order valence-electron chi connectivity index (χ4n) is 6.75. The molecule has 2 bridgehead atoms. The summed E-state index contributed by atoms with van der Waals surface area (Å²) < 4.78 is 5.06. The number of carbonyl (C=O) groups is 3. The van der Waals surface area contributed by atoms with Crippen molar-refractivity contribution in [3.63, 3.8) is 0 Å². The largest absolute Gasteiger partial charge is 0.462 e. The third-order valence-corrected chi connectivity index (χ3v) is 7.99. The van der Waals surface area contributed by atoms with Crippen LogP contribution >= 0.6 is 0 Å². The first-order valence-electron chi connectivity index (χ1n) is 11.9. The Bertz CT molecular complexity index is 1290. The molecule has 7 rings (SSSR count). The number of rotatable bonds is 4. The van der Waals surface area contributed by atoms with Gasteiger partial charge in [-0.1, -0.05) is 55.5 Å². The Morgan fingerprint density at radius 2 is 1.44 bits per heavy atom. The summed E-state index contributed by atoms with van der Waals surface area (Å²) in [7, 11) is 0. The zero-order valence-corrected chi connectivity index (χ0v) is 19.2. The van der Waals surface area contributed by atoms with E-state index in [0.717, 1.165) is 17.5 Å². The maximum absolute atomic E-state index is 14.1. The van der Waals surface area contributed by atoms with Crippen molar-refractivity contribution in [1.29, 1.82) is 0 Å². The molecule has 1 fully saturated rings. The molecule has 5 nitrogen and oxygen atoms in total. The van der Waals surface area contributed by atoms with E-state index in [2.05, 4.69) is 31.2 Å². The molecule has 4 aliphatic rings. The van der Waals surface area contributed by atoms with Crippen molar-refractivity contribution in [1.82, 2.24) is 0 Å². The van der Waals surface area contributed by atoms with Crippen molar-refractivity contribution in [2.45, 2.75) is 31.6 Å². The second kappa shape index (κ2) is 7.39. The third-order valence-electron chi connectivity index (χ3n) is 7.99. The number of nitrogens with zero attached hydrogens (tertiary/aromatic N) is 1. The summed E-state index contributed by atoms with van der Waals surface area (Å²) in [5.74, 6) is -1.78. The summed E-state index contributed by atoms with van der Waals surface area (Å²) in [4.78, 5) is 41.4. The SMILES string of the molecule is CCOC(=O)c1ccc(N2C(=O)[C@@H]3C4c5ccccc5C(CC)(c5ccccc54)[C@H]3C2=O)cc1. The molecule has 0 spiro atoms. The minimum Gasteiger partial charge on any atom is -0.462 e. The van der Waals surface area contributed by atoms with Crippen LogP contribution in [0.5, 0.6) is 0 Å². The van der Waals surface area contributed by atoms with E-state index in [9.17, 15) is 14.4 Å². The van der Waals surface area contributed by atoms with Gasteiger partial charge in [0.15, 0.2) is 0 Å². The van der Waals surface area contributed by atoms with Crippen LogP contribution < -0.4 is 4.90 Å². The molecule has 2 atom stereocenters. The molecule has 170 valence electrons. The lowest BCUT2D eigenvalue weighted by atomic mass is 9.46. The number of ether oxygens (including phenoxy) is 1. The lowest BCUT2D eigenvalue weighted by Crippen LogP contribution is -2.53. The highest BCUT2D eigenvalue weighted by Gasteiger charge is 2.67. The fraction of sp³-hybridized carbons (Fsp3) is 0.276. The first kappa shape index (κ1) is 20.8. The van der Waals surface area contributed by atoms with Crippen LogP contribution in [0.4, 0.5) is 5.69 Å². The Morgan fingerprint density at radius 3 is 2.00 bits per heavy atom. The number of anilines is 1. The molecule has 2 amide bonds. The average molecular weight is 452 g/mol. The maximum Gasteiger partial charge on any atom is 0.338 e. The molecule has 0 saturated carbocycles. The van der Waals surface area contributed by atoms with E-state index in [-0.39, 0.29) is 24.3 Å². The van der Waals surface area contributed by atoms with Crippen LogP contribution in [0.25, 0.3) is 0 Å². The van der Waals surface area contributed by atoms with E-state index in [1.165, 1.54) is 16.0 Å². The van der Waals surface area contributed by atoms with E-state index in [1.54, 1.807) is 31.2 Å². The summed E-state index contributed by atoms with van der Waals surface area (Å²) in [5.41, 5.74) is 5.00. The minimum absolute atomic E-state index is 0.147. The molecule has 3 aromatic rings. The first-order valence-corrected chi connectivity index (χ1v) is 11.9. The van der Waals surface area contributed by atoms with Gasteiger partial charge in [-0.25, -0.2) is 9.69 Å². The minimum atomic E-state index is -0.543. The van der Waals surface area contributed by atoms with Crippen LogP contribution in [0.3, 0.4) is 0 Å². The molecule has 0 N–H and O–H groups in total. The van der Waals surface area contributed by atoms with Gasteiger partial charge in [-0.3, -0.25) is 9.59 Å². The molecule has 5 heteroatoms. The molecule has 3 aromatic carbocycles. The zero-order chi connectivity index (χ0) is 23.6. The quantitative estimate of drug-likeness (QED) is 0.421. The summed E-state index contributed by atoms with van der Waals surface area (Å²) in [6.07, 6.45) is 0.726. The van der Waals surface area contributed by atoms with Crippen molar-refractivity contribution in [3.05, 3.63) is 101 Å². The molecule has 0 radical (unpaired) electrons. The normalized spacial score (nSPS) is 26.2. The Hall–Kier alpha value is -3.73. The number of benzene rings is 3. The molecule has 1 heterocycles. The summed E-state index contributed by atoms with van der Waals surface area (Å²) in [6.45, 7) is 4.16. The Kier molecular flexibility index (Phi) is 4.53. The number of esters is 1. The summed E-state index contributed by atoms with van der Waals surface area (Å²) in [5, 5.41) is 0. The average Bonchev–Trinajstić information content (AvgIpc) is 3.15. The number of hydrogen-bond acceptors (Lipinski definition) is 4. The van der Waals surface area contributed by atoms with E-state index in [0.29, 0.717) is 11.3 Å². The Balaban J connectivity index is 1.50. The van der Waals surface area contributed by atoms with Crippen LogP contribution in [0.2, 0.25) is 0 Å². The Labute approximate surface area is 198 Å². The maximum atomic E-state index is 14.1. The lowest BCUT2D eigenvalue weighted by molar-refractivity contribution is -0.123. The van der Waals surface area contributed by atoms with Crippen LogP contribution in [0.15, 0.2) is 72.8 Å². The molecular formula is C29H25NO4. The zero-order valence-electron chi connectivity index (χ0n) is 19.2. The topological polar surface area (TPSA) is 63.7 Å². The highest BCUT2D eigenvalue weighted by molar-refractivity contribution is 6.23. The van der Waals surface area contributed by atoms with Crippen LogP contribution in [-0.2, 0) is 19.7 Å². The van der Waals surface area contributed by atoms with Crippen molar-refractivity contribution in [2.24, 2.45) is 11.8 Å². The molecule has 1 aliphatic heterocycles. The highest BCUT2D eigenvalue weighted by Crippen LogP contribution is 2.65. The van der Waals surface area contributed by atoms with Gasteiger partial charge in [-0.2, -0.15) is 0 Å². The smallest absolute Gasteiger partial charge is 0.338 e. The third kappa shape index (κ3) is 2.47. The second-order valence-electron chi connectivity index (χ2n) is 9.26. The number of carbonyl (C=O) groups excluding carboxylic acids is 3. The molecule has 0 unspecified atom stereocenters. The van der Waals surface area contributed by atoms with E-state index >= 15 is 0 Å². The number of amides is 2. The van der Waals surface area contributed by atoms with E-state index < -0.39 is 23.2 Å².